The number of nitrogens with two attached hydrogens (primary N) is 1. The number of carbonyl (C=O) groups is 1. The van der Waals surface area contributed by atoms with Gasteiger partial charge >= 0.3 is 0 Å². The lowest BCUT2D eigenvalue weighted by molar-refractivity contribution is -0.117. The van der Waals surface area contributed by atoms with Gasteiger partial charge in [0, 0.05) is 17.1 Å². The van der Waals surface area contributed by atoms with Gasteiger partial charge in [0.25, 0.3) is 0 Å². The molecule has 6 nitrogen and oxygen atoms in total. The fourth-order valence-electron chi connectivity index (χ4n) is 2.85. The van der Waals surface area contributed by atoms with E-state index in [0.29, 0.717) is 28.1 Å². The van der Waals surface area contributed by atoms with Gasteiger partial charge in [-0.25, -0.2) is 0 Å². The van der Waals surface area contributed by atoms with Crippen molar-refractivity contribution in [1.29, 1.82) is 0 Å². The summed E-state index contributed by atoms with van der Waals surface area (Å²) in [6.45, 7) is 6.37. The number of hydrogen-bond acceptors (Lipinski definition) is 4. The van der Waals surface area contributed by atoms with E-state index < -0.39 is 0 Å². The summed E-state index contributed by atoms with van der Waals surface area (Å²) in [6.07, 6.45) is 2.03. The van der Waals surface area contributed by atoms with Crippen LogP contribution >= 0.6 is 23.8 Å². The molecule has 2 rings (SSSR count). The number of rotatable bonds is 9. The van der Waals surface area contributed by atoms with Gasteiger partial charge in [0.2, 0.25) is 5.91 Å². The molecule has 8 heteroatoms. The number of nitrogen functional groups attached to an aromatic ring is 1. The Morgan fingerprint density at radius 1 is 1.00 bits per heavy atom. The minimum absolute atomic E-state index is 0.0740. The van der Waals surface area contributed by atoms with Crippen LogP contribution in [0.3, 0.4) is 0 Å². The molecule has 29 heavy (non-hydrogen) atoms. The summed E-state index contributed by atoms with van der Waals surface area (Å²) in [5.41, 5.74) is 8.49. The minimum Gasteiger partial charge on any atom is -0.399 e. The summed E-state index contributed by atoms with van der Waals surface area (Å²) in [6, 6.07) is 12.6. The number of hydrogen-bond donors (Lipinski definition) is 4. The molecule has 2 aromatic rings. The molecule has 5 N–H and O–H groups in total. The molecule has 2 aromatic carbocycles. The molecule has 0 bridgehead atoms. The average molecular weight is 434 g/mol. The molecule has 0 spiro atoms. The van der Waals surface area contributed by atoms with Crippen molar-refractivity contribution >= 4 is 57.6 Å². The van der Waals surface area contributed by atoms with E-state index in [9.17, 15) is 4.79 Å². The monoisotopic (exact) mass is 433 g/mol. The third kappa shape index (κ3) is 7.89. The Kier molecular flexibility index (Phi) is 9.18. The fourth-order valence-corrected chi connectivity index (χ4v) is 3.31. The number of thiocarbonyl (C=S) groups is 1. The molecule has 0 aliphatic heterocycles. The van der Waals surface area contributed by atoms with Crippen molar-refractivity contribution in [3.63, 3.8) is 0 Å². The predicted octanol–water partition coefficient (Wildman–Crippen LogP) is 4.79. The molecule has 0 fully saturated rings. The van der Waals surface area contributed by atoms with Crippen LogP contribution in [0.25, 0.3) is 0 Å². The summed E-state index contributed by atoms with van der Waals surface area (Å²) in [4.78, 5) is 14.5. The van der Waals surface area contributed by atoms with Gasteiger partial charge in [0.1, 0.15) is 0 Å². The van der Waals surface area contributed by atoms with Crippen molar-refractivity contribution < 1.29 is 4.79 Å². The van der Waals surface area contributed by atoms with E-state index >= 15 is 0 Å². The highest BCUT2D eigenvalue weighted by Gasteiger charge is 2.11. The first-order valence-electron chi connectivity index (χ1n) is 9.66. The standard InChI is InChI=1S/C21H28ClN5OS/c1-3-11-27(12-4-2)14-20(28)26-19-10-9-17(13-18(19)22)25-21(29)24-16-7-5-15(23)6-8-16/h5-10,13H,3-4,11-12,14,23H2,1-2H3,(H,26,28)(H2,24,25,29). The van der Waals surface area contributed by atoms with E-state index in [1.54, 1.807) is 24.3 Å². The molecule has 0 aromatic heterocycles. The summed E-state index contributed by atoms with van der Waals surface area (Å²) in [7, 11) is 0. The van der Waals surface area contributed by atoms with Crippen molar-refractivity contribution in [1.82, 2.24) is 4.90 Å². The maximum Gasteiger partial charge on any atom is 0.238 e. The molecular formula is C21H28ClN5OS. The second kappa shape index (κ2) is 11.6. The van der Waals surface area contributed by atoms with Crippen LogP contribution < -0.4 is 21.7 Å². The third-order valence-electron chi connectivity index (χ3n) is 4.12. The molecule has 0 saturated heterocycles. The van der Waals surface area contributed by atoms with Crippen molar-refractivity contribution in [3.05, 3.63) is 47.5 Å². The van der Waals surface area contributed by atoms with Crippen LogP contribution in [-0.2, 0) is 4.79 Å². The van der Waals surface area contributed by atoms with Gasteiger partial charge in [0.15, 0.2) is 5.11 Å². The first-order valence-corrected chi connectivity index (χ1v) is 10.4. The zero-order valence-corrected chi connectivity index (χ0v) is 18.4. The van der Waals surface area contributed by atoms with Crippen molar-refractivity contribution in [3.8, 4) is 0 Å². The Balaban J connectivity index is 1.92. The van der Waals surface area contributed by atoms with E-state index in [1.165, 1.54) is 0 Å². The molecule has 0 unspecified atom stereocenters. The van der Waals surface area contributed by atoms with Gasteiger partial charge in [-0.2, -0.15) is 0 Å². The second-order valence-corrected chi connectivity index (χ2v) is 7.54. The zero-order valence-electron chi connectivity index (χ0n) is 16.8. The normalized spacial score (nSPS) is 10.6. The number of anilines is 4. The molecular weight excluding hydrogens is 406 g/mol. The third-order valence-corrected chi connectivity index (χ3v) is 4.63. The number of halogens is 1. The van der Waals surface area contributed by atoms with Crippen LogP contribution in [0.4, 0.5) is 22.7 Å². The number of benzene rings is 2. The highest BCUT2D eigenvalue weighted by molar-refractivity contribution is 7.80. The van der Waals surface area contributed by atoms with Crippen LogP contribution in [0, 0.1) is 0 Å². The highest BCUT2D eigenvalue weighted by Crippen LogP contribution is 2.25. The van der Waals surface area contributed by atoms with E-state index in [0.717, 1.165) is 37.3 Å². The van der Waals surface area contributed by atoms with E-state index in [1.807, 2.05) is 18.2 Å². The number of amides is 1. The first-order chi connectivity index (χ1) is 13.9. The first kappa shape index (κ1) is 22.9. The molecule has 0 saturated carbocycles. The lowest BCUT2D eigenvalue weighted by atomic mass is 10.2. The van der Waals surface area contributed by atoms with Gasteiger partial charge in [-0.1, -0.05) is 25.4 Å². The summed E-state index contributed by atoms with van der Waals surface area (Å²) in [5.74, 6) is -0.0740. The predicted molar refractivity (Wildman–Crippen MR) is 128 cm³/mol. The number of nitrogens with one attached hydrogen (secondary N) is 3. The maximum atomic E-state index is 12.3. The second-order valence-electron chi connectivity index (χ2n) is 6.72. The number of carbonyl (C=O) groups excluding carboxylic acids is 1. The average Bonchev–Trinajstić information content (AvgIpc) is 2.66. The Bertz CT molecular complexity index is 822. The van der Waals surface area contributed by atoms with Crippen molar-refractivity contribution in [2.75, 3.05) is 41.3 Å². The quantitative estimate of drug-likeness (QED) is 0.336. The largest absolute Gasteiger partial charge is 0.399 e. The van der Waals surface area contributed by atoms with Crippen LogP contribution in [0.15, 0.2) is 42.5 Å². The fraction of sp³-hybridized carbons (Fsp3) is 0.333. The van der Waals surface area contributed by atoms with Gasteiger partial charge in [-0.05, 0) is 80.6 Å². The SMILES string of the molecule is CCCN(CCC)CC(=O)Nc1ccc(NC(=S)Nc2ccc(N)cc2)cc1Cl. The van der Waals surface area contributed by atoms with Gasteiger partial charge < -0.3 is 21.7 Å². The van der Waals surface area contributed by atoms with Crippen molar-refractivity contribution in [2.45, 2.75) is 26.7 Å². The lowest BCUT2D eigenvalue weighted by Gasteiger charge is -2.20. The summed E-state index contributed by atoms with van der Waals surface area (Å²) in [5, 5.41) is 9.90. The molecule has 0 heterocycles. The highest BCUT2D eigenvalue weighted by atomic mass is 35.5. The topological polar surface area (TPSA) is 82.4 Å². The molecule has 0 radical (unpaired) electrons. The van der Waals surface area contributed by atoms with E-state index in [2.05, 4.69) is 34.7 Å². The zero-order chi connectivity index (χ0) is 21.2. The minimum atomic E-state index is -0.0740. The Hall–Kier alpha value is -2.35. The Morgan fingerprint density at radius 3 is 2.17 bits per heavy atom. The van der Waals surface area contributed by atoms with E-state index in [4.69, 9.17) is 29.6 Å². The van der Waals surface area contributed by atoms with Crippen LogP contribution in [0.1, 0.15) is 26.7 Å². The Labute approximate surface area is 182 Å². The van der Waals surface area contributed by atoms with Crippen LogP contribution in [-0.4, -0.2) is 35.6 Å². The van der Waals surface area contributed by atoms with Crippen LogP contribution in [0.5, 0.6) is 0 Å². The molecule has 0 aliphatic rings. The molecule has 0 aliphatic carbocycles. The Morgan fingerprint density at radius 2 is 1.59 bits per heavy atom. The molecule has 156 valence electrons. The number of nitrogens with zero attached hydrogens (tertiary/aromatic N) is 1. The van der Waals surface area contributed by atoms with Gasteiger partial charge in [-0.15, -0.1) is 0 Å². The van der Waals surface area contributed by atoms with Gasteiger partial charge in [0.05, 0.1) is 17.3 Å². The molecule has 0 atom stereocenters. The maximum absolute atomic E-state index is 12.3. The lowest BCUT2D eigenvalue weighted by Crippen LogP contribution is -2.34. The van der Waals surface area contributed by atoms with E-state index in [-0.39, 0.29) is 5.91 Å². The van der Waals surface area contributed by atoms with Crippen molar-refractivity contribution in [2.24, 2.45) is 0 Å². The smallest absolute Gasteiger partial charge is 0.238 e. The molecule has 1 amide bonds. The summed E-state index contributed by atoms with van der Waals surface area (Å²) < 4.78 is 0. The van der Waals surface area contributed by atoms with Gasteiger partial charge in [-0.3, -0.25) is 9.69 Å². The summed E-state index contributed by atoms with van der Waals surface area (Å²) >= 11 is 11.7. The van der Waals surface area contributed by atoms with Crippen LogP contribution in [0.2, 0.25) is 5.02 Å².